The van der Waals surface area contributed by atoms with Gasteiger partial charge in [0, 0.05) is 69.9 Å². The molecule has 0 aliphatic carbocycles. The van der Waals surface area contributed by atoms with Gasteiger partial charge in [-0.3, -0.25) is 24.6 Å². The topological polar surface area (TPSA) is 154 Å². The summed E-state index contributed by atoms with van der Waals surface area (Å²) in [4.78, 5) is 54.3. The highest BCUT2D eigenvalue weighted by Crippen LogP contribution is 2.38. The molecule has 0 spiro atoms. The minimum atomic E-state index is -0.782. The maximum atomic E-state index is 15.3. The number of piperazine rings is 1. The lowest BCUT2D eigenvalue weighted by Gasteiger charge is -2.37. The predicted molar refractivity (Wildman–Crippen MR) is 181 cm³/mol. The number of nitrogen functional groups attached to an aromatic ring is 1. The molecule has 3 saturated heterocycles. The third-order valence-corrected chi connectivity index (χ3v) is 10.4. The number of nitrogens with zero attached hydrogens (tertiary/aromatic N) is 6. The summed E-state index contributed by atoms with van der Waals surface area (Å²) in [6, 6.07) is 8.31. The zero-order valence-corrected chi connectivity index (χ0v) is 27.6. The van der Waals surface area contributed by atoms with Gasteiger partial charge in [0.2, 0.25) is 11.8 Å². The second-order valence-corrected chi connectivity index (χ2v) is 13.9. The minimum absolute atomic E-state index is 0.00778. The highest BCUT2D eigenvalue weighted by Gasteiger charge is 2.40. The van der Waals surface area contributed by atoms with Crippen LogP contribution in [0, 0.1) is 5.82 Å². The zero-order valence-electron chi connectivity index (χ0n) is 26.8. The summed E-state index contributed by atoms with van der Waals surface area (Å²) in [5.74, 6) is -0.921. The van der Waals surface area contributed by atoms with Crippen molar-refractivity contribution in [3.63, 3.8) is 0 Å². The largest absolute Gasteiger partial charge is 0.382 e. The van der Waals surface area contributed by atoms with Crippen molar-refractivity contribution in [1.29, 1.82) is 0 Å². The van der Waals surface area contributed by atoms with Crippen molar-refractivity contribution in [2.75, 3.05) is 54.8 Å². The molecule has 1 aromatic heterocycles. The van der Waals surface area contributed by atoms with Gasteiger partial charge >= 0.3 is 0 Å². The summed E-state index contributed by atoms with van der Waals surface area (Å²) in [6.07, 6.45) is 3.87. The Balaban J connectivity index is 0.997. The Labute approximate surface area is 283 Å². The van der Waals surface area contributed by atoms with E-state index in [4.69, 9.17) is 23.1 Å². The zero-order chi connectivity index (χ0) is 33.7. The smallest absolute Gasteiger partial charge is 0.258 e. The predicted octanol–water partition coefficient (Wildman–Crippen LogP) is 2.92. The molecule has 14 heteroatoms. The van der Waals surface area contributed by atoms with Gasteiger partial charge in [-0.2, -0.15) is 0 Å². The summed E-state index contributed by atoms with van der Waals surface area (Å²) < 4.78 is 15.3. The lowest BCUT2D eigenvalue weighted by molar-refractivity contribution is -0.136. The number of imide groups is 1. The number of amides is 3. The third kappa shape index (κ3) is 6.17. The first-order valence-electron chi connectivity index (χ1n) is 16.4. The molecule has 1 unspecified atom stereocenters. The van der Waals surface area contributed by atoms with Crippen molar-refractivity contribution in [3.05, 3.63) is 64.1 Å². The highest BCUT2D eigenvalue weighted by atomic mass is 35.5. The fourth-order valence-electron chi connectivity index (χ4n) is 7.16. The van der Waals surface area contributed by atoms with Crippen molar-refractivity contribution in [3.8, 4) is 11.3 Å². The Hall–Kier alpha value is -4.33. The number of halogens is 2. The molecule has 12 nitrogen and oxygen atoms in total. The van der Waals surface area contributed by atoms with Crippen LogP contribution in [0.1, 0.15) is 54.1 Å². The Morgan fingerprint density at radius 1 is 1.06 bits per heavy atom. The quantitative estimate of drug-likeness (QED) is 0.333. The number of carbonyl (C=O) groups excluding carboxylic acids is 3. The molecule has 1 atom stereocenters. The Morgan fingerprint density at radius 3 is 2.52 bits per heavy atom. The van der Waals surface area contributed by atoms with Crippen LogP contribution in [0.2, 0.25) is 5.02 Å². The second kappa shape index (κ2) is 12.6. The normalized spacial score (nSPS) is 21.5. The SMILES string of the molecule is CC1(N)CCN(c2cnc(-c3cccc(N4CCN(Cc5cc(F)c6c(c5)CN(C5CCC(=O)NC5=O)C6=O)CC4)c3Cl)c(N)n2)CC1. The van der Waals surface area contributed by atoms with E-state index in [-0.39, 0.29) is 36.4 Å². The molecule has 3 fully saturated rings. The molecule has 5 heterocycles. The van der Waals surface area contributed by atoms with Crippen molar-refractivity contribution in [2.45, 2.75) is 57.3 Å². The number of nitrogens with two attached hydrogens (primary N) is 2. The van der Waals surface area contributed by atoms with E-state index in [1.807, 2.05) is 24.3 Å². The first kappa shape index (κ1) is 32.2. The molecule has 5 N–H and O–H groups in total. The maximum Gasteiger partial charge on any atom is 0.258 e. The van der Waals surface area contributed by atoms with Gasteiger partial charge in [0.1, 0.15) is 23.4 Å². The van der Waals surface area contributed by atoms with Crippen LogP contribution in [0.5, 0.6) is 0 Å². The average molecular weight is 676 g/mol. The van der Waals surface area contributed by atoms with Crippen LogP contribution in [-0.4, -0.2) is 88.3 Å². The third-order valence-electron chi connectivity index (χ3n) is 10.0. The molecular formula is C34H39ClFN9O3. The molecule has 0 radical (unpaired) electrons. The van der Waals surface area contributed by atoms with Gasteiger partial charge in [-0.05, 0) is 49.4 Å². The number of benzene rings is 2. The van der Waals surface area contributed by atoms with E-state index < -0.39 is 23.7 Å². The van der Waals surface area contributed by atoms with Crippen LogP contribution in [-0.2, 0) is 22.7 Å². The van der Waals surface area contributed by atoms with E-state index in [1.165, 1.54) is 11.0 Å². The summed E-state index contributed by atoms with van der Waals surface area (Å²) in [5.41, 5.74) is 16.0. The lowest BCUT2D eigenvalue weighted by atomic mass is 9.91. The molecule has 3 aromatic rings. The van der Waals surface area contributed by atoms with E-state index in [0.717, 1.165) is 61.7 Å². The molecule has 4 aliphatic rings. The molecule has 0 bridgehead atoms. The fraction of sp³-hybridized carbons (Fsp3) is 0.441. The van der Waals surface area contributed by atoms with Gasteiger partial charge < -0.3 is 26.2 Å². The van der Waals surface area contributed by atoms with Gasteiger partial charge in [-0.15, -0.1) is 0 Å². The van der Waals surface area contributed by atoms with E-state index in [0.29, 0.717) is 41.7 Å². The number of hydrogen-bond acceptors (Lipinski definition) is 10. The summed E-state index contributed by atoms with van der Waals surface area (Å²) in [7, 11) is 0. The number of piperidine rings is 2. The number of rotatable bonds is 6. The average Bonchev–Trinajstić information content (AvgIpc) is 3.37. The molecule has 4 aliphatic heterocycles. The Bertz CT molecular complexity index is 1790. The second-order valence-electron chi connectivity index (χ2n) is 13.5. The highest BCUT2D eigenvalue weighted by molar-refractivity contribution is 6.36. The van der Waals surface area contributed by atoms with Crippen LogP contribution < -0.4 is 26.6 Å². The number of carbonyl (C=O) groups is 3. The lowest BCUT2D eigenvalue weighted by Crippen LogP contribution is -2.52. The molecule has 7 rings (SSSR count). The Morgan fingerprint density at radius 2 is 1.81 bits per heavy atom. The monoisotopic (exact) mass is 675 g/mol. The van der Waals surface area contributed by atoms with Crippen molar-refractivity contribution < 1.29 is 18.8 Å². The standard InChI is InChI=1S/C34H39ClFN9O3/c1-34(38)7-9-44(10-8-34)26-17-39-30(31(37)40-26)22-3-2-4-24(29(22)35)43-13-11-42(12-14-43)18-20-15-21-19-45(33(48)28(21)23(36)16-20)25-5-6-27(46)41-32(25)47/h2-4,15-17,25H,5-14,18-19,38H2,1H3,(H2,37,40)(H,41,46,47). The maximum absolute atomic E-state index is 15.3. The van der Waals surface area contributed by atoms with Gasteiger partial charge in [-0.25, -0.2) is 14.4 Å². The van der Waals surface area contributed by atoms with Crippen molar-refractivity contribution in [1.82, 2.24) is 25.1 Å². The molecule has 48 heavy (non-hydrogen) atoms. The first-order chi connectivity index (χ1) is 23.0. The van der Waals surface area contributed by atoms with Crippen LogP contribution in [0.4, 0.5) is 21.7 Å². The molecular weight excluding hydrogens is 637 g/mol. The summed E-state index contributed by atoms with van der Waals surface area (Å²) >= 11 is 6.98. The van der Waals surface area contributed by atoms with Crippen LogP contribution in [0.25, 0.3) is 11.3 Å². The van der Waals surface area contributed by atoms with E-state index in [1.54, 1.807) is 6.20 Å². The number of aromatic nitrogens is 2. The van der Waals surface area contributed by atoms with Gasteiger partial charge in [0.05, 0.1) is 22.5 Å². The van der Waals surface area contributed by atoms with E-state index >= 15 is 4.39 Å². The van der Waals surface area contributed by atoms with Crippen molar-refractivity contribution in [2.24, 2.45) is 5.73 Å². The number of fused-ring (bicyclic) bond motifs is 1. The van der Waals surface area contributed by atoms with E-state index in [2.05, 4.69) is 36.9 Å². The summed E-state index contributed by atoms with van der Waals surface area (Å²) in [5, 5.41) is 2.84. The van der Waals surface area contributed by atoms with Crippen LogP contribution >= 0.6 is 11.6 Å². The molecule has 252 valence electrons. The molecule has 2 aromatic carbocycles. The van der Waals surface area contributed by atoms with Gasteiger partial charge in [0.15, 0.2) is 5.82 Å². The fourth-order valence-corrected chi connectivity index (χ4v) is 7.50. The number of nitrogens with one attached hydrogen (secondary N) is 1. The summed E-state index contributed by atoms with van der Waals surface area (Å²) in [6.45, 7) is 7.16. The van der Waals surface area contributed by atoms with Crippen LogP contribution in [0.3, 0.4) is 0 Å². The molecule has 3 amide bonds. The number of hydrogen-bond donors (Lipinski definition) is 3. The molecule has 0 saturated carbocycles. The minimum Gasteiger partial charge on any atom is -0.382 e. The Kier molecular flexibility index (Phi) is 8.46. The first-order valence-corrected chi connectivity index (χ1v) is 16.7. The van der Waals surface area contributed by atoms with Crippen molar-refractivity contribution >= 4 is 46.6 Å². The van der Waals surface area contributed by atoms with E-state index in [9.17, 15) is 14.4 Å². The van der Waals surface area contributed by atoms with Gasteiger partial charge in [-0.1, -0.05) is 29.8 Å². The van der Waals surface area contributed by atoms with Gasteiger partial charge in [0.25, 0.3) is 5.91 Å². The van der Waals surface area contributed by atoms with Crippen LogP contribution in [0.15, 0.2) is 36.5 Å². The number of anilines is 3.